The minimum atomic E-state index is -0.642. The van der Waals surface area contributed by atoms with E-state index in [2.05, 4.69) is 21.2 Å². The summed E-state index contributed by atoms with van der Waals surface area (Å²) in [6.07, 6.45) is -0.642. The number of alkyl halides is 1. The van der Waals surface area contributed by atoms with Crippen molar-refractivity contribution in [1.82, 2.24) is 4.90 Å². The van der Waals surface area contributed by atoms with Gasteiger partial charge in [0.05, 0.1) is 12.0 Å². The number of benzene rings is 2. The highest BCUT2D eigenvalue weighted by molar-refractivity contribution is 9.10. The highest BCUT2D eigenvalue weighted by Crippen LogP contribution is 2.36. The van der Waals surface area contributed by atoms with Crippen LogP contribution in [-0.2, 0) is 13.1 Å². The number of fused-ring (bicyclic) bond motifs is 2. The molecule has 0 bridgehead atoms. The third kappa shape index (κ3) is 3.72. The van der Waals surface area contributed by atoms with Crippen LogP contribution >= 0.6 is 27.5 Å². The molecule has 8 heteroatoms. The molecule has 2 heterocycles. The predicted octanol–water partition coefficient (Wildman–Crippen LogP) is 3.35. The lowest BCUT2D eigenvalue weighted by molar-refractivity contribution is 0.0766. The smallest absolute Gasteiger partial charge is 0.254 e. The Balaban J connectivity index is 1.50. The molecule has 2 N–H and O–H groups in total. The van der Waals surface area contributed by atoms with Crippen LogP contribution in [0.15, 0.2) is 34.8 Å². The second-order valence-electron chi connectivity index (χ2n) is 6.52. The van der Waals surface area contributed by atoms with Crippen molar-refractivity contribution in [1.29, 1.82) is 0 Å². The minimum Gasteiger partial charge on any atom is -0.454 e. The van der Waals surface area contributed by atoms with E-state index < -0.39 is 6.10 Å². The topological polar surface area (TPSA) is 71.0 Å². The van der Waals surface area contributed by atoms with E-state index in [1.165, 1.54) is 0 Å². The van der Waals surface area contributed by atoms with E-state index in [1.54, 1.807) is 4.90 Å². The molecule has 0 aromatic heterocycles. The van der Waals surface area contributed by atoms with Crippen LogP contribution in [0.2, 0.25) is 0 Å². The lowest BCUT2D eigenvalue weighted by Gasteiger charge is -2.16. The number of aliphatic hydroxyl groups is 1. The molecular formula is C19H18BrClN2O4. The van der Waals surface area contributed by atoms with E-state index >= 15 is 0 Å². The van der Waals surface area contributed by atoms with Crippen molar-refractivity contribution in [3.05, 3.63) is 51.5 Å². The van der Waals surface area contributed by atoms with E-state index in [-0.39, 0.29) is 18.6 Å². The molecule has 2 aromatic rings. The molecule has 6 nitrogen and oxygen atoms in total. The van der Waals surface area contributed by atoms with Gasteiger partial charge >= 0.3 is 0 Å². The molecule has 2 aliphatic rings. The summed E-state index contributed by atoms with van der Waals surface area (Å²) in [6, 6.07) is 9.46. The first kappa shape index (κ1) is 18.4. The molecule has 0 radical (unpaired) electrons. The Labute approximate surface area is 170 Å². The summed E-state index contributed by atoms with van der Waals surface area (Å²) in [5.74, 6) is 1.57. The monoisotopic (exact) mass is 452 g/mol. The average Bonchev–Trinajstić information content (AvgIpc) is 3.25. The normalized spacial score (nSPS) is 15.8. The molecule has 0 saturated carbocycles. The number of carbonyl (C=O) groups excluding carboxylic acids is 1. The maximum absolute atomic E-state index is 12.9. The lowest BCUT2D eigenvalue weighted by atomic mass is 10.1. The SMILES string of the molecule is O=C1c2cc(NCC(O)CCl)cc(Br)c2CN1Cc1ccc2c(c1)OCO2. The van der Waals surface area contributed by atoms with Gasteiger partial charge in [-0.05, 0) is 35.4 Å². The maximum atomic E-state index is 12.9. The fourth-order valence-corrected chi connectivity index (χ4v) is 3.90. The van der Waals surface area contributed by atoms with Gasteiger partial charge in [-0.1, -0.05) is 22.0 Å². The summed E-state index contributed by atoms with van der Waals surface area (Å²) >= 11 is 9.18. The summed E-state index contributed by atoms with van der Waals surface area (Å²) in [5.41, 5.74) is 3.38. The molecule has 27 heavy (non-hydrogen) atoms. The number of hydrogen-bond acceptors (Lipinski definition) is 5. The predicted molar refractivity (Wildman–Crippen MR) is 106 cm³/mol. The number of halogens is 2. The van der Waals surface area contributed by atoms with Gasteiger partial charge in [0.25, 0.3) is 5.91 Å². The van der Waals surface area contributed by atoms with Gasteiger partial charge in [-0.3, -0.25) is 4.79 Å². The van der Waals surface area contributed by atoms with Crippen LogP contribution in [0.5, 0.6) is 11.5 Å². The number of anilines is 1. The number of aliphatic hydroxyl groups excluding tert-OH is 1. The molecule has 0 saturated heterocycles. The van der Waals surface area contributed by atoms with Crippen molar-refractivity contribution in [2.24, 2.45) is 0 Å². The molecular weight excluding hydrogens is 436 g/mol. The van der Waals surface area contributed by atoms with Crippen molar-refractivity contribution in [2.75, 3.05) is 24.5 Å². The second kappa shape index (κ2) is 7.58. The zero-order chi connectivity index (χ0) is 19.0. The first-order valence-corrected chi connectivity index (χ1v) is 9.86. The van der Waals surface area contributed by atoms with Crippen LogP contribution in [0, 0.1) is 0 Å². The quantitative estimate of drug-likeness (QED) is 0.657. The Hall–Kier alpha value is -1.96. The Morgan fingerprint density at radius 1 is 1.26 bits per heavy atom. The van der Waals surface area contributed by atoms with E-state index in [4.69, 9.17) is 21.1 Å². The molecule has 0 fully saturated rings. The molecule has 2 aromatic carbocycles. The van der Waals surface area contributed by atoms with Gasteiger partial charge in [0.1, 0.15) is 0 Å². The van der Waals surface area contributed by atoms with Crippen LogP contribution in [-0.4, -0.2) is 41.2 Å². The first-order chi connectivity index (χ1) is 13.0. The van der Waals surface area contributed by atoms with Gasteiger partial charge in [0.2, 0.25) is 6.79 Å². The number of carbonyl (C=O) groups is 1. The van der Waals surface area contributed by atoms with Gasteiger partial charge in [0, 0.05) is 35.4 Å². The van der Waals surface area contributed by atoms with Crippen LogP contribution in [0.3, 0.4) is 0 Å². The highest BCUT2D eigenvalue weighted by atomic mass is 79.9. The third-order valence-corrected chi connectivity index (χ3v) is 5.66. The molecule has 0 aliphatic carbocycles. The van der Waals surface area contributed by atoms with E-state index in [0.29, 0.717) is 30.9 Å². The van der Waals surface area contributed by atoms with Crippen LogP contribution in [0.4, 0.5) is 5.69 Å². The number of nitrogens with one attached hydrogen (secondary N) is 1. The van der Waals surface area contributed by atoms with Crippen LogP contribution < -0.4 is 14.8 Å². The van der Waals surface area contributed by atoms with Gasteiger partial charge in [0.15, 0.2) is 11.5 Å². The molecule has 2 aliphatic heterocycles. The molecule has 1 amide bonds. The summed E-state index contributed by atoms with van der Waals surface area (Å²) in [4.78, 5) is 14.7. The van der Waals surface area contributed by atoms with Gasteiger partial charge in [-0.25, -0.2) is 0 Å². The van der Waals surface area contributed by atoms with Crippen molar-refractivity contribution >= 4 is 39.1 Å². The van der Waals surface area contributed by atoms with Gasteiger partial charge in [-0.15, -0.1) is 11.6 Å². The van der Waals surface area contributed by atoms with Crippen molar-refractivity contribution < 1.29 is 19.4 Å². The van der Waals surface area contributed by atoms with Crippen LogP contribution in [0.25, 0.3) is 0 Å². The summed E-state index contributed by atoms with van der Waals surface area (Å²) in [5, 5.41) is 12.7. The first-order valence-electron chi connectivity index (χ1n) is 8.53. The van der Waals surface area contributed by atoms with E-state index in [0.717, 1.165) is 27.0 Å². The van der Waals surface area contributed by atoms with E-state index in [9.17, 15) is 9.90 Å². The lowest BCUT2D eigenvalue weighted by Crippen LogP contribution is -2.23. The fraction of sp³-hybridized carbons (Fsp3) is 0.316. The minimum absolute atomic E-state index is 0.0232. The van der Waals surface area contributed by atoms with Crippen molar-refractivity contribution in [3.8, 4) is 11.5 Å². The Morgan fingerprint density at radius 3 is 2.89 bits per heavy atom. The Morgan fingerprint density at radius 2 is 2.07 bits per heavy atom. The van der Waals surface area contributed by atoms with Crippen molar-refractivity contribution in [2.45, 2.75) is 19.2 Å². The molecule has 4 rings (SSSR count). The Kier molecular flexibility index (Phi) is 5.16. The van der Waals surface area contributed by atoms with Gasteiger partial charge in [-0.2, -0.15) is 0 Å². The standard InChI is InChI=1S/C19H18BrClN2O4/c20-16-5-12(22-7-13(24)6-21)4-14-15(16)9-23(19(14)25)8-11-1-2-17-18(3-11)27-10-26-17/h1-5,13,22,24H,6-10H2. The zero-order valence-electron chi connectivity index (χ0n) is 14.4. The largest absolute Gasteiger partial charge is 0.454 e. The summed E-state index contributed by atoms with van der Waals surface area (Å²) in [7, 11) is 0. The number of nitrogens with zero attached hydrogens (tertiary/aromatic N) is 1. The maximum Gasteiger partial charge on any atom is 0.254 e. The average molecular weight is 454 g/mol. The van der Waals surface area contributed by atoms with E-state index in [1.807, 2.05) is 30.3 Å². The number of amides is 1. The zero-order valence-corrected chi connectivity index (χ0v) is 16.7. The van der Waals surface area contributed by atoms with Crippen LogP contribution in [0.1, 0.15) is 21.5 Å². The summed E-state index contributed by atoms with van der Waals surface area (Å²) < 4.78 is 11.6. The Bertz CT molecular complexity index is 892. The van der Waals surface area contributed by atoms with Gasteiger partial charge < -0.3 is 24.8 Å². The summed E-state index contributed by atoms with van der Waals surface area (Å²) in [6.45, 7) is 1.58. The molecule has 142 valence electrons. The van der Waals surface area contributed by atoms with Crippen molar-refractivity contribution in [3.63, 3.8) is 0 Å². The number of rotatable bonds is 6. The molecule has 1 unspecified atom stereocenters. The molecule has 1 atom stereocenters. The second-order valence-corrected chi connectivity index (χ2v) is 7.68. The number of ether oxygens (including phenoxy) is 2. The highest BCUT2D eigenvalue weighted by Gasteiger charge is 2.30. The fourth-order valence-electron chi connectivity index (χ4n) is 3.20. The molecule has 0 spiro atoms. The third-order valence-electron chi connectivity index (χ3n) is 4.59. The number of hydrogen-bond donors (Lipinski definition) is 2.